The molecule has 0 spiro atoms. The molecule has 1 aromatic rings. The topological polar surface area (TPSA) is 83.1 Å². The summed E-state index contributed by atoms with van der Waals surface area (Å²) in [6.07, 6.45) is -0.153. The zero-order valence-electron chi connectivity index (χ0n) is 16.7. The van der Waals surface area contributed by atoms with Crippen LogP contribution in [-0.4, -0.2) is 48.8 Å². The van der Waals surface area contributed by atoms with Crippen molar-refractivity contribution in [2.24, 2.45) is 10.9 Å². The highest BCUT2D eigenvalue weighted by atomic mass is 32.2. The van der Waals surface area contributed by atoms with Crippen LogP contribution in [0.15, 0.2) is 23.2 Å². The molecule has 1 saturated heterocycles. The molecular weight excluding hydrogens is 383 g/mol. The van der Waals surface area contributed by atoms with Gasteiger partial charge in [0.15, 0.2) is 0 Å². The van der Waals surface area contributed by atoms with E-state index >= 15 is 0 Å². The number of nitrogens with zero attached hydrogens (tertiary/aromatic N) is 1. The van der Waals surface area contributed by atoms with Gasteiger partial charge in [-0.3, -0.25) is 9.79 Å². The second kappa shape index (κ2) is 8.00. The van der Waals surface area contributed by atoms with Gasteiger partial charge in [-0.05, 0) is 39.0 Å². The second-order valence-electron chi connectivity index (χ2n) is 8.15. The summed E-state index contributed by atoms with van der Waals surface area (Å²) >= 11 is 1.49. The maximum atomic E-state index is 14.8. The minimum absolute atomic E-state index is 0.0509. The number of methoxy groups -OCH3 is 1. The van der Waals surface area contributed by atoms with Crippen LogP contribution in [0.2, 0.25) is 0 Å². The van der Waals surface area contributed by atoms with Gasteiger partial charge in [0.05, 0.1) is 30.8 Å². The molecule has 8 heteroatoms. The predicted molar refractivity (Wildman–Crippen MR) is 108 cm³/mol. The highest BCUT2D eigenvalue weighted by Crippen LogP contribution is 2.49. The van der Waals surface area contributed by atoms with E-state index in [9.17, 15) is 9.18 Å². The van der Waals surface area contributed by atoms with Crippen LogP contribution in [0.3, 0.4) is 0 Å². The van der Waals surface area contributed by atoms with Crippen molar-refractivity contribution in [2.75, 3.05) is 31.8 Å². The fourth-order valence-corrected chi connectivity index (χ4v) is 5.01. The Labute approximate surface area is 169 Å². The van der Waals surface area contributed by atoms with Gasteiger partial charge in [-0.15, -0.1) is 11.8 Å². The van der Waals surface area contributed by atoms with Crippen molar-refractivity contribution in [3.05, 3.63) is 29.6 Å². The lowest BCUT2D eigenvalue weighted by Gasteiger charge is -2.36. The number of halogens is 1. The number of fused-ring (bicyclic) bond motifs is 1. The van der Waals surface area contributed by atoms with Crippen molar-refractivity contribution >= 4 is 28.5 Å². The average molecular weight is 411 g/mol. The first-order chi connectivity index (χ1) is 13.1. The van der Waals surface area contributed by atoms with E-state index in [1.807, 2.05) is 20.8 Å². The Bertz CT molecular complexity index is 780. The molecule has 2 heterocycles. The second-order valence-corrected chi connectivity index (χ2v) is 9.25. The van der Waals surface area contributed by atoms with Crippen LogP contribution in [0, 0.1) is 11.7 Å². The summed E-state index contributed by atoms with van der Waals surface area (Å²) in [7, 11) is 1.61. The molecule has 1 unspecified atom stereocenters. The minimum Gasteiger partial charge on any atom is -0.460 e. The van der Waals surface area contributed by atoms with Gasteiger partial charge in [-0.1, -0.05) is 0 Å². The quantitative estimate of drug-likeness (QED) is 0.593. The summed E-state index contributed by atoms with van der Waals surface area (Å²) in [5, 5.41) is 0.619. The molecule has 2 aliphatic heterocycles. The van der Waals surface area contributed by atoms with Gasteiger partial charge in [0, 0.05) is 30.0 Å². The summed E-state index contributed by atoms with van der Waals surface area (Å²) in [5.74, 6) is -0.179. The first kappa shape index (κ1) is 21.1. The number of thioether (sulfide) groups is 1. The molecule has 0 aromatic heterocycles. The fourth-order valence-electron chi connectivity index (χ4n) is 3.70. The van der Waals surface area contributed by atoms with Gasteiger partial charge >= 0.3 is 5.97 Å². The number of anilines is 1. The number of hydrogen-bond acceptors (Lipinski definition) is 7. The minimum atomic E-state index is -0.925. The van der Waals surface area contributed by atoms with E-state index in [1.54, 1.807) is 13.2 Å². The van der Waals surface area contributed by atoms with E-state index in [-0.39, 0.29) is 36.8 Å². The number of rotatable bonds is 5. The van der Waals surface area contributed by atoms with E-state index in [0.29, 0.717) is 28.7 Å². The van der Waals surface area contributed by atoms with Crippen LogP contribution in [0.4, 0.5) is 10.1 Å². The predicted octanol–water partition coefficient (Wildman–Crippen LogP) is 3.14. The van der Waals surface area contributed by atoms with Crippen molar-refractivity contribution in [2.45, 2.75) is 44.4 Å². The number of aliphatic imine (C=N–C) groups is 1. The maximum Gasteiger partial charge on any atom is 0.312 e. The molecule has 1 fully saturated rings. The van der Waals surface area contributed by atoms with Crippen LogP contribution in [0.5, 0.6) is 0 Å². The largest absolute Gasteiger partial charge is 0.460 e. The standard InChI is InChI=1S/C20H27FN2O4S/c1-19(2,3)27-18(24)8-17-23-20(13-7-12(22)5-6-15(13)21)11-26-16(9-25-4)14(20)10-28-17/h5-7,14,16H,8-11,22H2,1-4H3/t14-,16-,20?/m1/s1. The summed E-state index contributed by atoms with van der Waals surface area (Å²) in [5.41, 5.74) is 5.30. The Hall–Kier alpha value is -1.64. The van der Waals surface area contributed by atoms with Crippen LogP contribution < -0.4 is 5.73 Å². The van der Waals surface area contributed by atoms with Crippen molar-refractivity contribution < 1.29 is 23.4 Å². The van der Waals surface area contributed by atoms with E-state index in [0.717, 1.165) is 0 Å². The Balaban J connectivity index is 1.97. The van der Waals surface area contributed by atoms with Crippen molar-refractivity contribution in [3.63, 3.8) is 0 Å². The number of carbonyl (C=O) groups excluding carboxylic acids is 1. The molecule has 2 aliphatic rings. The monoisotopic (exact) mass is 410 g/mol. The molecule has 0 radical (unpaired) electrons. The molecule has 154 valence electrons. The Morgan fingerprint density at radius 2 is 2.21 bits per heavy atom. The number of nitrogen functional groups attached to an aromatic ring is 1. The molecule has 0 amide bonds. The lowest BCUT2D eigenvalue weighted by Crippen LogP contribution is -2.42. The van der Waals surface area contributed by atoms with Crippen LogP contribution >= 0.6 is 11.8 Å². The molecule has 3 atom stereocenters. The summed E-state index contributed by atoms with van der Waals surface area (Å²) in [6.45, 7) is 6.07. The fraction of sp³-hybridized carbons (Fsp3) is 0.600. The van der Waals surface area contributed by atoms with Crippen LogP contribution in [-0.2, 0) is 24.5 Å². The van der Waals surface area contributed by atoms with Gasteiger partial charge < -0.3 is 19.9 Å². The number of hydrogen-bond donors (Lipinski definition) is 1. The summed E-state index contributed by atoms with van der Waals surface area (Å²) < 4.78 is 31.5. The molecule has 2 N–H and O–H groups in total. The summed E-state index contributed by atoms with van der Waals surface area (Å²) in [4.78, 5) is 17.1. The zero-order valence-corrected chi connectivity index (χ0v) is 17.5. The average Bonchev–Trinajstić information content (AvgIpc) is 2.94. The van der Waals surface area contributed by atoms with Gasteiger partial charge in [-0.25, -0.2) is 4.39 Å². The molecule has 0 aliphatic carbocycles. The number of carbonyl (C=O) groups is 1. The highest BCUT2D eigenvalue weighted by Gasteiger charge is 2.54. The third-order valence-electron chi connectivity index (χ3n) is 4.84. The van der Waals surface area contributed by atoms with E-state index in [1.165, 1.54) is 23.9 Å². The molecule has 28 heavy (non-hydrogen) atoms. The van der Waals surface area contributed by atoms with Gasteiger partial charge in [-0.2, -0.15) is 0 Å². The first-order valence-corrected chi connectivity index (χ1v) is 10.2. The molecular formula is C20H27FN2O4S. The normalized spacial score (nSPS) is 27.2. The molecule has 0 saturated carbocycles. The summed E-state index contributed by atoms with van der Waals surface area (Å²) in [6, 6.07) is 4.49. The van der Waals surface area contributed by atoms with Crippen LogP contribution in [0.1, 0.15) is 32.8 Å². The highest BCUT2D eigenvalue weighted by molar-refractivity contribution is 8.14. The van der Waals surface area contributed by atoms with E-state index < -0.39 is 11.1 Å². The lowest BCUT2D eigenvalue weighted by molar-refractivity contribution is -0.153. The molecule has 6 nitrogen and oxygen atoms in total. The lowest BCUT2D eigenvalue weighted by atomic mass is 9.78. The van der Waals surface area contributed by atoms with Crippen LogP contribution in [0.25, 0.3) is 0 Å². The maximum absolute atomic E-state index is 14.8. The Kier molecular flexibility index (Phi) is 6.03. The Morgan fingerprint density at radius 3 is 2.89 bits per heavy atom. The number of benzene rings is 1. The van der Waals surface area contributed by atoms with Crippen molar-refractivity contribution in [1.82, 2.24) is 0 Å². The number of ether oxygens (including phenoxy) is 3. The van der Waals surface area contributed by atoms with Crippen molar-refractivity contribution in [3.8, 4) is 0 Å². The van der Waals surface area contributed by atoms with Crippen molar-refractivity contribution in [1.29, 1.82) is 0 Å². The first-order valence-electron chi connectivity index (χ1n) is 9.24. The molecule has 0 bridgehead atoms. The SMILES string of the molecule is COC[C@H]1OCC2(c3cc(N)ccc3F)N=C(CC(=O)OC(C)(C)C)SC[C@H]12. The third kappa shape index (κ3) is 4.34. The smallest absolute Gasteiger partial charge is 0.312 e. The van der Waals surface area contributed by atoms with E-state index in [2.05, 4.69) is 0 Å². The third-order valence-corrected chi connectivity index (χ3v) is 5.93. The molecule has 1 aromatic carbocycles. The number of nitrogens with two attached hydrogens (primary N) is 1. The van der Waals surface area contributed by atoms with Gasteiger partial charge in [0.2, 0.25) is 0 Å². The molecule has 3 rings (SSSR count). The number of esters is 1. The zero-order chi connectivity index (χ0) is 20.5. The Morgan fingerprint density at radius 1 is 1.46 bits per heavy atom. The van der Waals surface area contributed by atoms with Gasteiger partial charge in [0.1, 0.15) is 17.0 Å². The van der Waals surface area contributed by atoms with E-state index in [4.69, 9.17) is 24.9 Å². The van der Waals surface area contributed by atoms with Gasteiger partial charge in [0.25, 0.3) is 0 Å².